The molecular formula is C22H3F14N5S. The molecule has 42 heavy (non-hydrogen) atoms. The summed E-state index contributed by atoms with van der Waals surface area (Å²) < 4.78 is 194. The first-order valence-electron chi connectivity index (χ1n) is 9.78. The van der Waals surface area contributed by atoms with Crippen molar-refractivity contribution in [2.24, 2.45) is 0 Å². The van der Waals surface area contributed by atoms with Crippen LogP contribution >= 0.6 is 10.2 Å². The molecule has 0 N–H and O–H groups in total. The second-order valence-electron chi connectivity index (χ2n) is 7.77. The predicted molar refractivity (Wildman–Crippen MR) is 111 cm³/mol. The number of halogens is 14. The fourth-order valence-electron chi connectivity index (χ4n) is 3.61. The van der Waals surface area contributed by atoms with Crippen LogP contribution in [0, 0.1) is 56.7 Å². The molecule has 0 aliphatic rings. The van der Waals surface area contributed by atoms with Gasteiger partial charge in [0.2, 0.25) is 0 Å². The minimum Gasteiger partial charge on any atom is -0.192 e. The fourth-order valence-corrected chi connectivity index (χ4v) is 4.72. The van der Waals surface area contributed by atoms with Gasteiger partial charge in [-0.05, 0) is 23.8 Å². The molecule has 0 spiro atoms. The van der Waals surface area contributed by atoms with Gasteiger partial charge < -0.3 is 0 Å². The van der Waals surface area contributed by atoms with Gasteiger partial charge in [0.05, 0.1) is 33.4 Å². The van der Waals surface area contributed by atoms with Gasteiger partial charge in [0, 0.05) is 10.4 Å². The monoisotopic (exact) mass is 635 g/mol. The second-order valence-corrected chi connectivity index (χ2v) is 10.1. The third-order valence-electron chi connectivity index (χ3n) is 5.09. The summed E-state index contributed by atoms with van der Waals surface area (Å²) in [5.41, 5.74) is -19.0. The first kappa shape index (κ1) is 33.2. The van der Waals surface area contributed by atoms with Crippen LogP contribution < -0.4 is 10.4 Å². The Hall–Kier alpha value is -5.00. The van der Waals surface area contributed by atoms with Crippen LogP contribution in [0.2, 0.25) is 0 Å². The van der Waals surface area contributed by atoms with E-state index in [1.807, 2.05) is 0 Å². The summed E-state index contributed by atoms with van der Waals surface area (Å²) in [6.07, 6.45) is -17.9. The molecule has 20 heteroatoms. The number of hydrogen-bond acceptors (Lipinski definition) is 5. The van der Waals surface area contributed by atoms with E-state index < -0.39 is 107 Å². The van der Waals surface area contributed by atoms with Crippen molar-refractivity contribution in [3.05, 3.63) is 62.0 Å². The lowest BCUT2D eigenvalue weighted by Gasteiger charge is -2.41. The van der Waals surface area contributed by atoms with Crippen molar-refractivity contribution in [1.82, 2.24) is 0 Å². The molecule has 0 saturated carbocycles. The fraction of sp³-hybridized carbons (Fsp3) is 0.136. The number of nitriles is 5. The summed E-state index contributed by atoms with van der Waals surface area (Å²) in [5.74, 6) is 0. The number of rotatable bonds is 2. The Kier molecular flexibility index (Phi) is 7.32. The van der Waals surface area contributed by atoms with Gasteiger partial charge in [-0.25, -0.2) is 0 Å². The van der Waals surface area contributed by atoms with E-state index in [2.05, 4.69) is 0 Å². The van der Waals surface area contributed by atoms with Crippen molar-refractivity contribution in [2.45, 2.75) is 23.4 Å². The van der Waals surface area contributed by atoms with Crippen LogP contribution in [0.4, 0.5) is 58.9 Å². The Morgan fingerprint density at radius 3 is 1.26 bits per heavy atom. The minimum absolute atomic E-state index is 0.303. The molecule has 0 radical (unpaired) electrons. The van der Waals surface area contributed by atoms with E-state index >= 15 is 0 Å². The molecule has 5 nitrogen and oxygen atoms in total. The van der Waals surface area contributed by atoms with Gasteiger partial charge in [0.1, 0.15) is 40.8 Å². The first-order valence-corrected chi connectivity index (χ1v) is 11.7. The maximum atomic E-state index is 14.1. The number of nitrogens with zero attached hydrogens (tertiary/aromatic N) is 5. The van der Waals surface area contributed by atoms with E-state index in [9.17, 15) is 69.5 Å². The van der Waals surface area contributed by atoms with Crippen LogP contribution in [0.25, 0.3) is 11.1 Å². The molecule has 0 fully saturated rings. The summed E-state index contributed by atoms with van der Waals surface area (Å²) >= 11 is 0. The number of alkyl halides is 9. The van der Waals surface area contributed by atoms with E-state index in [0.717, 1.165) is 0 Å². The highest BCUT2D eigenvalue weighted by Gasteiger charge is 2.68. The van der Waals surface area contributed by atoms with Gasteiger partial charge in [-0.15, -0.1) is 0 Å². The quantitative estimate of drug-likeness (QED) is 0.328. The molecule has 0 bridgehead atoms. The molecule has 0 atom stereocenters. The Morgan fingerprint density at radius 1 is 0.571 bits per heavy atom. The Balaban J connectivity index is 3.71. The van der Waals surface area contributed by atoms with Crippen molar-refractivity contribution in [1.29, 1.82) is 26.3 Å². The molecule has 2 aromatic carbocycles. The Labute approximate surface area is 223 Å². The number of hydrogen-bond donors (Lipinski definition) is 0. The van der Waals surface area contributed by atoms with Gasteiger partial charge >= 0.3 is 28.8 Å². The van der Waals surface area contributed by atoms with E-state index in [4.69, 9.17) is 15.8 Å². The maximum absolute atomic E-state index is 14.1. The summed E-state index contributed by atoms with van der Waals surface area (Å²) in [7, 11) is -11.5. The van der Waals surface area contributed by atoms with Gasteiger partial charge in [0.25, 0.3) is 0 Å². The lowest BCUT2D eigenvalue weighted by Crippen LogP contribution is -2.34. The standard InChI is InChI=1S/C22H3F14N5S/c23-20(24,25)15-1-9(2-16(13(15)7-40)21(26,27)28)12(6-39)18-14(8-41)19(42(32,33,34,35)36)11(10(4-37)5-38)3-17(18)22(29,30)31/h1-3H/b18-12+. The van der Waals surface area contributed by atoms with Gasteiger partial charge in [-0.3, -0.25) is 0 Å². The predicted octanol–water partition coefficient (Wildman–Crippen LogP) is 7.06. The third-order valence-corrected chi connectivity index (χ3v) is 6.28. The molecule has 0 aliphatic heterocycles. The van der Waals surface area contributed by atoms with Crippen LogP contribution in [-0.2, 0) is 18.5 Å². The molecule has 2 aromatic rings. The zero-order valence-electron chi connectivity index (χ0n) is 19.2. The van der Waals surface area contributed by atoms with E-state index in [1.165, 1.54) is 0 Å². The third kappa shape index (κ3) is 6.17. The van der Waals surface area contributed by atoms with Crippen molar-refractivity contribution in [2.75, 3.05) is 0 Å². The van der Waals surface area contributed by atoms with Crippen LogP contribution in [-0.4, -0.2) is 0 Å². The van der Waals surface area contributed by atoms with Gasteiger partial charge in [-0.2, -0.15) is 65.8 Å². The van der Waals surface area contributed by atoms with Gasteiger partial charge in [0.15, 0.2) is 0 Å². The molecule has 0 amide bonds. The highest BCUT2D eigenvalue weighted by Crippen LogP contribution is 3.01. The van der Waals surface area contributed by atoms with Crippen molar-refractivity contribution in [3.63, 3.8) is 0 Å². The average molecular weight is 635 g/mol. The highest BCUT2D eigenvalue weighted by atomic mass is 32.5. The van der Waals surface area contributed by atoms with E-state index in [1.54, 1.807) is 0 Å². The smallest absolute Gasteiger partial charge is 0.192 e. The second kappa shape index (κ2) is 9.26. The van der Waals surface area contributed by atoms with Crippen molar-refractivity contribution < 1.29 is 58.9 Å². The summed E-state index contributed by atoms with van der Waals surface area (Å²) in [6.45, 7) is 0. The molecule has 220 valence electrons. The first-order chi connectivity index (χ1) is 18.7. The van der Waals surface area contributed by atoms with Crippen molar-refractivity contribution in [3.8, 4) is 30.3 Å². The lowest BCUT2D eigenvalue weighted by atomic mass is 9.91. The highest BCUT2D eigenvalue weighted by molar-refractivity contribution is 8.45. The minimum atomic E-state index is -11.5. The van der Waals surface area contributed by atoms with Crippen molar-refractivity contribution >= 4 is 21.4 Å². The zero-order chi connectivity index (χ0) is 32.9. The Morgan fingerprint density at radius 2 is 0.976 bits per heavy atom. The van der Waals surface area contributed by atoms with E-state index in [0.29, 0.717) is 30.3 Å². The Bertz CT molecular complexity index is 1810. The van der Waals surface area contributed by atoms with E-state index in [-0.39, 0.29) is 0 Å². The van der Waals surface area contributed by atoms with Crippen LogP contribution in [0.15, 0.2) is 23.1 Å². The summed E-state index contributed by atoms with van der Waals surface area (Å²) in [6, 6.07) is 0.703. The maximum Gasteiger partial charge on any atom is 0.417 e. The van der Waals surface area contributed by atoms with Crippen LogP contribution in [0.3, 0.4) is 0 Å². The SMILES string of the molecule is N#CC(C#N)=c1cc(C(F)(F)F)/c(=C(\C#N)c2cc(C(F)(F)F)c(C#N)c(C(F)(F)F)c2)c(C#N)c1S(F)(F)(F)(F)F. The molecule has 0 heterocycles. The summed E-state index contributed by atoms with van der Waals surface area (Å²) in [4.78, 5) is -3.63. The van der Waals surface area contributed by atoms with Gasteiger partial charge in [-0.1, -0.05) is 19.4 Å². The summed E-state index contributed by atoms with van der Waals surface area (Å²) in [5, 5.41) is 40.5. The zero-order valence-corrected chi connectivity index (χ0v) is 20.0. The lowest BCUT2D eigenvalue weighted by molar-refractivity contribution is -0.143. The molecule has 0 aliphatic carbocycles. The molecule has 0 unspecified atom stereocenters. The molecule has 0 saturated heterocycles. The normalized spacial score (nSPS) is 14.6. The number of benzene rings is 2. The van der Waals surface area contributed by atoms with Crippen LogP contribution in [0.1, 0.15) is 33.4 Å². The largest absolute Gasteiger partial charge is 0.417 e. The average Bonchev–Trinajstić information content (AvgIpc) is 2.81. The molecule has 0 aromatic heterocycles. The molecular weight excluding hydrogens is 632 g/mol. The topological polar surface area (TPSA) is 119 Å². The van der Waals surface area contributed by atoms with Crippen LogP contribution in [0.5, 0.6) is 0 Å². The molecule has 2 rings (SSSR count).